The summed E-state index contributed by atoms with van der Waals surface area (Å²) >= 11 is 0. The predicted octanol–water partition coefficient (Wildman–Crippen LogP) is 0.118. The molecule has 0 aliphatic carbocycles. The van der Waals surface area contributed by atoms with Gasteiger partial charge in [0.15, 0.2) is 0 Å². The lowest BCUT2D eigenvalue weighted by atomic mass is 10.6. The lowest BCUT2D eigenvalue weighted by Crippen LogP contribution is -1.90. The van der Waals surface area contributed by atoms with Crippen LogP contribution in [0.5, 0.6) is 0 Å². The summed E-state index contributed by atoms with van der Waals surface area (Å²) in [6.45, 7) is 0. The Morgan fingerprint density at radius 3 is 1.79 bits per heavy atom. The fourth-order valence-corrected chi connectivity index (χ4v) is 0.621. The minimum atomic E-state index is 0.322. The summed E-state index contributed by atoms with van der Waals surface area (Å²) in [6, 6.07) is 1.72. The van der Waals surface area contributed by atoms with E-state index in [1.54, 1.807) is 30.9 Å². The molecule has 6 heteroatoms. The monoisotopic (exact) mass is 190 g/mol. The quantitative estimate of drug-likeness (QED) is 0.611. The lowest BCUT2D eigenvalue weighted by Gasteiger charge is -1.82. The SMILES string of the molecule is Nc1cncnc1.Nc1ncccn1. The molecule has 0 aromatic carbocycles. The molecule has 0 unspecified atom stereocenters. The molecule has 0 atom stereocenters. The zero-order chi connectivity index (χ0) is 10.2. The van der Waals surface area contributed by atoms with Crippen molar-refractivity contribution in [1.82, 2.24) is 19.9 Å². The van der Waals surface area contributed by atoms with E-state index in [1.807, 2.05) is 0 Å². The summed E-state index contributed by atoms with van der Waals surface area (Å²) in [6.07, 6.45) is 7.74. The summed E-state index contributed by atoms with van der Waals surface area (Å²) in [4.78, 5) is 14.6. The van der Waals surface area contributed by atoms with Crippen molar-refractivity contribution < 1.29 is 0 Å². The maximum atomic E-state index is 5.23. The predicted molar refractivity (Wildman–Crippen MR) is 52.9 cm³/mol. The van der Waals surface area contributed by atoms with Crippen LogP contribution in [-0.4, -0.2) is 19.9 Å². The van der Waals surface area contributed by atoms with Gasteiger partial charge in [0.2, 0.25) is 5.95 Å². The molecule has 0 saturated carbocycles. The summed E-state index contributed by atoms with van der Waals surface area (Å²) in [5.41, 5.74) is 11.0. The van der Waals surface area contributed by atoms with Crippen molar-refractivity contribution >= 4 is 11.6 Å². The van der Waals surface area contributed by atoms with Gasteiger partial charge in [-0.05, 0) is 6.07 Å². The highest BCUT2D eigenvalue weighted by molar-refractivity contribution is 5.28. The molecule has 2 rings (SSSR count). The van der Waals surface area contributed by atoms with E-state index in [0.717, 1.165) is 0 Å². The molecular formula is C8H10N6. The lowest BCUT2D eigenvalue weighted by molar-refractivity contribution is 1.17. The summed E-state index contributed by atoms with van der Waals surface area (Å²) < 4.78 is 0. The zero-order valence-corrected chi connectivity index (χ0v) is 7.41. The molecule has 0 fully saturated rings. The molecule has 0 spiro atoms. The number of nitrogen functional groups attached to an aromatic ring is 2. The largest absolute Gasteiger partial charge is 0.396 e. The van der Waals surface area contributed by atoms with Gasteiger partial charge in [-0.25, -0.2) is 19.9 Å². The van der Waals surface area contributed by atoms with Crippen molar-refractivity contribution in [2.75, 3.05) is 11.5 Å². The molecular weight excluding hydrogens is 180 g/mol. The molecule has 2 aromatic rings. The highest BCUT2D eigenvalue weighted by atomic mass is 15.0. The van der Waals surface area contributed by atoms with Gasteiger partial charge in [-0.1, -0.05) is 0 Å². The van der Waals surface area contributed by atoms with E-state index in [1.165, 1.54) is 6.33 Å². The Bertz CT molecular complexity index is 311. The second kappa shape index (κ2) is 5.41. The fourth-order valence-electron chi connectivity index (χ4n) is 0.621. The molecule has 0 amide bonds. The van der Waals surface area contributed by atoms with Crippen LogP contribution in [-0.2, 0) is 0 Å². The minimum Gasteiger partial charge on any atom is -0.396 e. The average Bonchev–Trinajstić information content (AvgIpc) is 2.21. The Hall–Kier alpha value is -2.24. The topological polar surface area (TPSA) is 104 Å². The maximum absolute atomic E-state index is 5.23. The van der Waals surface area contributed by atoms with Crippen LogP contribution in [0, 0.1) is 0 Å². The highest BCUT2D eigenvalue weighted by Gasteiger charge is 1.75. The van der Waals surface area contributed by atoms with E-state index in [2.05, 4.69) is 19.9 Å². The van der Waals surface area contributed by atoms with Gasteiger partial charge in [-0.15, -0.1) is 0 Å². The van der Waals surface area contributed by atoms with Crippen molar-refractivity contribution in [3.05, 3.63) is 37.2 Å². The third kappa shape index (κ3) is 3.96. The fraction of sp³-hybridized carbons (Fsp3) is 0. The Morgan fingerprint density at radius 2 is 1.50 bits per heavy atom. The first kappa shape index (κ1) is 9.85. The third-order valence-electron chi connectivity index (χ3n) is 1.17. The summed E-state index contributed by atoms with van der Waals surface area (Å²) in [7, 11) is 0. The van der Waals surface area contributed by atoms with Crippen molar-refractivity contribution in [2.24, 2.45) is 0 Å². The standard InChI is InChI=1S/2C4H5N3/c5-4-1-6-3-7-2-4;5-4-6-2-1-3-7-4/h1-3H,5H2;1-3H,(H2,5,6,7). The average molecular weight is 190 g/mol. The van der Waals surface area contributed by atoms with E-state index in [9.17, 15) is 0 Å². The van der Waals surface area contributed by atoms with E-state index in [4.69, 9.17) is 11.5 Å². The van der Waals surface area contributed by atoms with Gasteiger partial charge in [-0.3, -0.25) is 0 Å². The molecule has 0 aliphatic heterocycles. The summed E-state index contributed by atoms with van der Waals surface area (Å²) in [5, 5.41) is 0. The van der Waals surface area contributed by atoms with Crippen LogP contribution in [0.4, 0.5) is 11.6 Å². The Morgan fingerprint density at radius 1 is 0.929 bits per heavy atom. The molecule has 72 valence electrons. The van der Waals surface area contributed by atoms with Gasteiger partial charge < -0.3 is 11.5 Å². The van der Waals surface area contributed by atoms with E-state index in [-0.39, 0.29) is 0 Å². The Kier molecular flexibility index (Phi) is 3.81. The van der Waals surface area contributed by atoms with Crippen LogP contribution < -0.4 is 11.5 Å². The number of aromatic nitrogens is 4. The molecule has 6 nitrogen and oxygen atoms in total. The number of hydrogen-bond donors (Lipinski definition) is 2. The molecule has 0 saturated heterocycles. The molecule has 2 aromatic heterocycles. The van der Waals surface area contributed by atoms with E-state index < -0.39 is 0 Å². The smallest absolute Gasteiger partial charge is 0.219 e. The van der Waals surface area contributed by atoms with Gasteiger partial charge in [0.05, 0.1) is 18.1 Å². The number of hydrogen-bond acceptors (Lipinski definition) is 6. The minimum absolute atomic E-state index is 0.322. The third-order valence-corrected chi connectivity index (χ3v) is 1.17. The molecule has 0 radical (unpaired) electrons. The second-order valence-electron chi connectivity index (χ2n) is 2.28. The van der Waals surface area contributed by atoms with Crippen LogP contribution in [0.15, 0.2) is 37.2 Å². The van der Waals surface area contributed by atoms with Crippen LogP contribution in [0.1, 0.15) is 0 Å². The number of nitrogens with two attached hydrogens (primary N) is 2. The van der Waals surface area contributed by atoms with Crippen LogP contribution in [0.3, 0.4) is 0 Å². The van der Waals surface area contributed by atoms with Crippen molar-refractivity contribution in [1.29, 1.82) is 0 Å². The van der Waals surface area contributed by atoms with Crippen LogP contribution in [0.2, 0.25) is 0 Å². The first-order valence-corrected chi connectivity index (χ1v) is 3.82. The maximum Gasteiger partial charge on any atom is 0.219 e. The molecule has 2 heterocycles. The van der Waals surface area contributed by atoms with Crippen molar-refractivity contribution in [3.63, 3.8) is 0 Å². The van der Waals surface area contributed by atoms with E-state index in [0.29, 0.717) is 11.6 Å². The summed E-state index contributed by atoms with van der Waals surface area (Å²) in [5.74, 6) is 0.322. The molecule has 0 bridgehead atoms. The first-order valence-electron chi connectivity index (χ1n) is 3.82. The number of anilines is 2. The van der Waals surface area contributed by atoms with Gasteiger partial charge in [0, 0.05) is 12.4 Å². The Labute approximate surface area is 81.1 Å². The highest BCUT2D eigenvalue weighted by Crippen LogP contribution is 1.88. The zero-order valence-electron chi connectivity index (χ0n) is 7.41. The number of nitrogens with zero attached hydrogens (tertiary/aromatic N) is 4. The van der Waals surface area contributed by atoms with Gasteiger partial charge >= 0.3 is 0 Å². The van der Waals surface area contributed by atoms with E-state index >= 15 is 0 Å². The molecule has 0 aliphatic rings. The first-order chi connectivity index (χ1) is 6.79. The van der Waals surface area contributed by atoms with Gasteiger partial charge in [0.25, 0.3) is 0 Å². The van der Waals surface area contributed by atoms with Crippen LogP contribution in [0.25, 0.3) is 0 Å². The van der Waals surface area contributed by atoms with Gasteiger partial charge in [0.1, 0.15) is 6.33 Å². The Balaban J connectivity index is 0.000000140. The normalized spacial score (nSPS) is 8.57. The second-order valence-corrected chi connectivity index (χ2v) is 2.28. The molecule has 14 heavy (non-hydrogen) atoms. The number of rotatable bonds is 0. The van der Waals surface area contributed by atoms with Crippen molar-refractivity contribution in [2.45, 2.75) is 0 Å². The van der Waals surface area contributed by atoms with Gasteiger partial charge in [-0.2, -0.15) is 0 Å². The van der Waals surface area contributed by atoms with Crippen molar-refractivity contribution in [3.8, 4) is 0 Å². The molecule has 4 N–H and O–H groups in total. The van der Waals surface area contributed by atoms with Crippen LogP contribution >= 0.6 is 0 Å².